The van der Waals surface area contributed by atoms with E-state index in [0.29, 0.717) is 12.3 Å². The Bertz CT molecular complexity index is 594. The zero-order valence-corrected chi connectivity index (χ0v) is 11.3. The van der Waals surface area contributed by atoms with E-state index in [2.05, 4.69) is 10.6 Å². The highest BCUT2D eigenvalue weighted by Crippen LogP contribution is 2.23. The topological polar surface area (TPSA) is 67.4 Å². The Kier molecular flexibility index (Phi) is 4.35. The summed E-state index contributed by atoms with van der Waals surface area (Å²) in [5, 5.41) is 8.18. The van der Waals surface area contributed by atoms with Crippen molar-refractivity contribution in [1.82, 2.24) is 5.32 Å². The fourth-order valence-electron chi connectivity index (χ4n) is 1.58. The highest BCUT2D eigenvalue weighted by molar-refractivity contribution is 7.17. The maximum Gasteiger partial charge on any atom is 0.325 e. The van der Waals surface area contributed by atoms with Gasteiger partial charge in [0.2, 0.25) is 0 Å². The Morgan fingerprint density at radius 1 is 1.32 bits per heavy atom. The molecule has 0 atom stereocenters. The van der Waals surface area contributed by atoms with Gasteiger partial charge < -0.3 is 15.4 Å². The first-order chi connectivity index (χ1) is 9.19. The zero-order valence-electron chi connectivity index (χ0n) is 10.4. The summed E-state index contributed by atoms with van der Waals surface area (Å²) in [6.45, 7) is 1.88. The van der Waals surface area contributed by atoms with Crippen LogP contribution in [0.2, 0.25) is 0 Å². The lowest BCUT2D eigenvalue weighted by molar-refractivity contribution is -0.141. The van der Waals surface area contributed by atoms with Gasteiger partial charge in [0, 0.05) is 10.4 Å². The molecule has 5 nitrogen and oxygen atoms in total. The van der Waals surface area contributed by atoms with Crippen molar-refractivity contribution in [1.29, 1.82) is 0 Å². The van der Waals surface area contributed by atoms with Crippen LogP contribution >= 0.6 is 11.3 Å². The fourth-order valence-corrected chi connectivity index (χ4v) is 2.36. The van der Waals surface area contributed by atoms with Gasteiger partial charge in [0.15, 0.2) is 0 Å². The molecule has 0 saturated heterocycles. The molecule has 0 radical (unpaired) electrons. The van der Waals surface area contributed by atoms with Crippen LogP contribution in [0.1, 0.15) is 6.92 Å². The highest BCUT2D eigenvalue weighted by Gasteiger charge is 2.06. The first kappa shape index (κ1) is 13.4. The minimum Gasteiger partial charge on any atom is -0.465 e. The molecule has 0 aliphatic carbocycles. The van der Waals surface area contributed by atoms with E-state index in [0.717, 1.165) is 10.1 Å². The molecule has 2 N–H and O–H groups in total. The summed E-state index contributed by atoms with van der Waals surface area (Å²) in [5.41, 5.74) is 0.687. The second-order valence-corrected chi connectivity index (χ2v) is 4.73. The first-order valence-corrected chi connectivity index (χ1v) is 6.74. The Labute approximate surface area is 114 Å². The second kappa shape index (κ2) is 6.19. The molecule has 0 aliphatic heterocycles. The van der Waals surface area contributed by atoms with E-state index in [1.165, 1.54) is 0 Å². The van der Waals surface area contributed by atoms with Crippen LogP contribution in [0, 0.1) is 0 Å². The van der Waals surface area contributed by atoms with E-state index in [1.807, 2.05) is 29.6 Å². The van der Waals surface area contributed by atoms with Crippen molar-refractivity contribution in [3.05, 3.63) is 29.6 Å². The number of carbonyl (C=O) groups is 2. The van der Waals surface area contributed by atoms with Gasteiger partial charge >= 0.3 is 12.0 Å². The van der Waals surface area contributed by atoms with Gasteiger partial charge in [-0.1, -0.05) is 0 Å². The molecule has 2 amide bonds. The minimum absolute atomic E-state index is 0.139. The standard InChI is InChI=1S/C13H14N2O3S/c1-2-18-12(16)8-14-13(17)15-10-3-4-11-9(7-10)5-6-19-11/h3-7H,2,8H2,1H3,(H2,14,15,17). The molecule has 0 saturated carbocycles. The van der Waals surface area contributed by atoms with Gasteiger partial charge in [-0.25, -0.2) is 4.79 Å². The van der Waals surface area contributed by atoms with Gasteiger partial charge in [-0.05, 0) is 42.0 Å². The molecule has 2 aromatic rings. The van der Waals surface area contributed by atoms with Crippen LogP contribution in [0.15, 0.2) is 29.6 Å². The lowest BCUT2D eigenvalue weighted by Gasteiger charge is -2.07. The molecule has 0 fully saturated rings. The van der Waals surface area contributed by atoms with Crippen molar-refractivity contribution >= 4 is 39.1 Å². The van der Waals surface area contributed by atoms with E-state index >= 15 is 0 Å². The quantitative estimate of drug-likeness (QED) is 0.845. The van der Waals surface area contributed by atoms with Crippen molar-refractivity contribution in [2.75, 3.05) is 18.5 Å². The van der Waals surface area contributed by atoms with E-state index < -0.39 is 12.0 Å². The largest absolute Gasteiger partial charge is 0.465 e. The number of hydrogen-bond acceptors (Lipinski definition) is 4. The average molecular weight is 278 g/mol. The van der Waals surface area contributed by atoms with Gasteiger partial charge in [0.05, 0.1) is 6.61 Å². The average Bonchev–Trinajstić information content (AvgIpc) is 2.84. The SMILES string of the molecule is CCOC(=O)CNC(=O)Nc1ccc2sccc2c1. The molecule has 1 aromatic carbocycles. The van der Waals surface area contributed by atoms with Crippen LogP contribution < -0.4 is 10.6 Å². The number of nitrogens with one attached hydrogen (secondary N) is 2. The molecule has 1 heterocycles. The predicted octanol–water partition coefficient (Wildman–Crippen LogP) is 2.59. The molecular weight excluding hydrogens is 264 g/mol. The summed E-state index contributed by atoms with van der Waals surface area (Å²) >= 11 is 1.65. The molecule has 0 unspecified atom stereocenters. The van der Waals surface area contributed by atoms with Gasteiger partial charge in [-0.3, -0.25) is 4.79 Å². The number of amides is 2. The summed E-state index contributed by atoms with van der Waals surface area (Å²) < 4.78 is 5.87. The van der Waals surface area contributed by atoms with E-state index in [4.69, 9.17) is 4.74 Å². The van der Waals surface area contributed by atoms with Crippen LogP contribution in [-0.4, -0.2) is 25.2 Å². The van der Waals surface area contributed by atoms with E-state index in [1.54, 1.807) is 18.3 Å². The van der Waals surface area contributed by atoms with Crippen LogP contribution in [-0.2, 0) is 9.53 Å². The highest BCUT2D eigenvalue weighted by atomic mass is 32.1. The third kappa shape index (κ3) is 3.69. The van der Waals surface area contributed by atoms with Crippen LogP contribution in [0.5, 0.6) is 0 Å². The number of benzene rings is 1. The molecule has 2 rings (SSSR count). The summed E-state index contributed by atoms with van der Waals surface area (Å²) in [6, 6.07) is 7.21. The van der Waals surface area contributed by atoms with Crippen molar-refractivity contribution < 1.29 is 14.3 Å². The van der Waals surface area contributed by atoms with Crippen LogP contribution in [0.3, 0.4) is 0 Å². The molecule has 1 aromatic heterocycles. The van der Waals surface area contributed by atoms with E-state index in [9.17, 15) is 9.59 Å². The molecule has 0 bridgehead atoms. The monoisotopic (exact) mass is 278 g/mol. The number of thiophene rings is 1. The number of urea groups is 1. The lowest BCUT2D eigenvalue weighted by atomic mass is 10.2. The van der Waals surface area contributed by atoms with Gasteiger partial charge in [-0.15, -0.1) is 11.3 Å². The molecule has 19 heavy (non-hydrogen) atoms. The Balaban J connectivity index is 1.89. The maximum atomic E-state index is 11.6. The Morgan fingerprint density at radius 3 is 2.95 bits per heavy atom. The minimum atomic E-state index is -0.453. The number of carbonyl (C=O) groups excluding carboxylic acids is 2. The molecular formula is C13H14N2O3S. The third-order valence-electron chi connectivity index (χ3n) is 2.41. The molecule has 0 spiro atoms. The summed E-state index contributed by atoms with van der Waals surface area (Å²) in [5.74, 6) is -0.453. The summed E-state index contributed by atoms with van der Waals surface area (Å²) in [7, 11) is 0. The third-order valence-corrected chi connectivity index (χ3v) is 3.31. The molecule has 0 aliphatic rings. The number of esters is 1. The van der Waals surface area contributed by atoms with E-state index in [-0.39, 0.29) is 6.54 Å². The van der Waals surface area contributed by atoms with Crippen molar-refractivity contribution in [2.24, 2.45) is 0 Å². The summed E-state index contributed by atoms with van der Waals surface area (Å²) in [6.07, 6.45) is 0. The van der Waals surface area contributed by atoms with Gasteiger partial charge in [-0.2, -0.15) is 0 Å². The van der Waals surface area contributed by atoms with Gasteiger partial charge in [0.1, 0.15) is 6.54 Å². The van der Waals surface area contributed by atoms with Crippen molar-refractivity contribution in [3.63, 3.8) is 0 Å². The summed E-state index contributed by atoms with van der Waals surface area (Å²) in [4.78, 5) is 22.6. The van der Waals surface area contributed by atoms with Crippen LogP contribution in [0.25, 0.3) is 10.1 Å². The zero-order chi connectivity index (χ0) is 13.7. The smallest absolute Gasteiger partial charge is 0.325 e. The fraction of sp³-hybridized carbons (Fsp3) is 0.231. The predicted molar refractivity (Wildman–Crippen MR) is 75.5 cm³/mol. The Hall–Kier alpha value is -2.08. The second-order valence-electron chi connectivity index (χ2n) is 3.79. The number of ether oxygens (including phenoxy) is 1. The number of hydrogen-bond donors (Lipinski definition) is 2. The lowest BCUT2D eigenvalue weighted by Crippen LogP contribution is -2.34. The first-order valence-electron chi connectivity index (χ1n) is 5.87. The van der Waals surface area contributed by atoms with Crippen LogP contribution in [0.4, 0.5) is 10.5 Å². The Morgan fingerprint density at radius 2 is 2.16 bits per heavy atom. The maximum absolute atomic E-state index is 11.6. The normalized spacial score (nSPS) is 10.2. The number of anilines is 1. The van der Waals surface area contributed by atoms with Crippen molar-refractivity contribution in [3.8, 4) is 0 Å². The van der Waals surface area contributed by atoms with Crippen molar-refractivity contribution in [2.45, 2.75) is 6.92 Å². The molecule has 100 valence electrons. The number of rotatable bonds is 4. The number of fused-ring (bicyclic) bond motifs is 1. The molecule has 6 heteroatoms. The van der Waals surface area contributed by atoms with Gasteiger partial charge in [0.25, 0.3) is 0 Å².